The summed E-state index contributed by atoms with van der Waals surface area (Å²) < 4.78 is 24.6. The van der Waals surface area contributed by atoms with Crippen molar-refractivity contribution >= 4 is 91.8 Å². The summed E-state index contributed by atoms with van der Waals surface area (Å²) in [6.07, 6.45) is 1.63. The minimum atomic E-state index is -0.0745. The molecule has 2 aliphatic heterocycles. The average Bonchev–Trinajstić information content (AvgIpc) is 3.30. The number of aryl methyl sites for hydroxylation is 4. The highest BCUT2D eigenvalue weighted by Crippen LogP contribution is 2.36. The molecule has 0 radical (unpaired) electrons. The number of methoxy groups -OCH3 is 2. The van der Waals surface area contributed by atoms with Crippen molar-refractivity contribution in [2.24, 2.45) is 0 Å². The van der Waals surface area contributed by atoms with Gasteiger partial charge in [-0.25, -0.2) is 9.97 Å². The highest BCUT2D eigenvalue weighted by Gasteiger charge is 2.31. The number of alkyl halides is 1. The first-order chi connectivity index (χ1) is 31.2. The normalized spacial score (nSPS) is 12.7. The number of rotatable bonds is 11. The number of nitrogens with one attached hydrogen (secondary N) is 1. The van der Waals surface area contributed by atoms with E-state index in [1.165, 1.54) is 0 Å². The van der Waals surface area contributed by atoms with E-state index in [2.05, 4.69) is 60.5 Å². The third-order valence-electron chi connectivity index (χ3n) is 10.8. The van der Waals surface area contributed by atoms with Crippen LogP contribution in [0.4, 0.5) is 0 Å². The molecule has 10 nitrogen and oxygen atoms in total. The van der Waals surface area contributed by atoms with E-state index < -0.39 is 0 Å². The van der Waals surface area contributed by atoms with Gasteiger partial charge >= 0.3 is 0 Å². The van der Waals surface area contributed by atoms with Gasteiger partial charge in [-0.3, -0.25) is 9.59 Å². The molecule has 2 aliphatic rings. The van der Waals surface area contributed by atoms with Crippen LogP contribution in [-0.2, 0) is 38.5 Å². The van der Waals surface area contributed by atoms with Gasteiger partial charge in [-0.2, -0.15) is 0 Å². The van der Waals surface area contributed by atoms with E-state index >= 15 is 0 Å². The van der Waals surface area contributed by atoms with Crippen LogP contribution < -0.4 is 24.3 Å². The van der Waals surface area contributed by atoms with Gasteiger partial charge < -0.3 is 29.2 Å². The van der Waals surface area contributed by atoms with Gasteiger partial charge in [-0.05, 0) is 131 Å². The van der Waals surface area contributed by atoms with Crippen LogP contribution in [0.2, 0.25) is 10.0 Å². The molecule has 0 unspecified atom stereocenters. The van der Waals surface area contributed by atoms with Gasteiger partial charge in [0, 0.05) is 43.8 Å². The lowest BCUT2D eigenvalue weighted by molar-refractivity contribution is 0.0723. The van der Waals surface area contributed by atoms with Crippen molar-refractivity contribution in [1.82, 2.24) is 20.2 Å². The van der Waals surface area contributed by atoms with E-state index in [1.807, 2.05) is 113 Å². The summed E-state index contributed by atoms with van der Waals surface area (Å²) in [6, 6.07) is 27.7. The van der Waals surface area contributed by atoms with Gasteiger partial charge in [0.1, 0.15) is 24.7 Å². The Morgan fingerprint density at radius 2 is 1.15 bits per heavy atom. The Kier molecular flexibility index (Phi) is 18.0. The maximum Gasteiger partial charge on any atom is 0.256 e. The van der Waals surface area contributed by atoms with Crippen LogP contribution in [0, 0.1) is 34.8 Å². The molecule has 2 amide bonds. The van der Waals surface area contributed by atoms with E-state index in [0.29, 0.717) is 83.2 Å². The number of nitrogens with zero attached hydrogens (tertiary/aromatic N) is 3. The molecule has 0 aliphatic carbocycles. The molecule has 15 heteroatoms. The lowest BCUT2D eigenvalue weighted by Gasteiger charge is -2.31. The Balaban J connectivity index is 0.000000179. The molecule has 4 heterocycles. The van der Waals surface area contributed by atoms with Gasteiger partial charge in [0.2, 0.25) is 11.8 Å². The Morgan fingerprint density at radius 3 is 1.66 bits per heavy atom. The fourth-order valence-corrected chi connectivity index (χ4v) is 9.75. The molecular formula is C50H49Cl3I2N4O6. The van der Waals surface area contributed by atoms with E-state index in [9.17, 15) is 9.59 Å². The SMILES string of the molecule is COc1cc(C)nc(OCc2ccccc2)c1CCl.COc1cc(C)nc(OCc2ccccc2)c1CN1CCc2c(C)cc(I)c(Cl)c2C1=O.Cc1cc(I)c(Cl)c2c1CCNC2=O. The Hall–Kier alpha value is -4.35. The summed E-state index contributed by atoms with van der Waals surface area (Å²) in [6.45, 7) is 10.3. The smallest absolute Gasteiger partial charge is 0.256 e. The third kappa shape index (κ3) is 12.4. The number of benzene rings is 4. The molecule has 6 aromatic rings. The van der Waals surface area contributed by atoms with E-state index in [1.54, 1.807) is 19.1 Å². The van der Waals surface area contributed by atoms with Crippen LogP contribution >= 0.6 is 80.0 Å². The van der Waals surface area contributed by atoms with E-state index in [-0.39, 0.29) is 11.8 Å². The van der Waals surface area contributed by atoms with E-state index in [0.717, 1.165) is 75.9 Å². The molecule has 0 atom stereocenters. The number of ether oxygens (including phenoxy) is 4. The standard InChI is InChI=1S/C25H24ClIN2O3.C15H16ClNO2.C10H9ClINO/c1-15-11-20(27)23(26)22-18(15)9-10-29(25(22)30)13-19-21(31-3)12-16(2)28-24(19)32-14-17-7-5-4-6-8-17;1-11-8-14(18-2)13(9-16)15(17-11)19-10-12-6-4-3-5-7-12;1-5-4-7(12)9(11)8-6(5)2-3-13-10(8)14/h4-8,11-12H,9-10,13-14H2,1-3H3;3-8H,9-10H2,1-2H3;4H,2-3H2,1H3,(H,13,14). The topological polar surface area (TPSA) is 112 Å². The van der Waals surface area contributed by atoms with Crippen LogP contribution in [0.3, 0.4) is 0 Å². The minimum absolute atomic E-state index is 0.0436. The number of fused-ring (bicyclic) bond motifs is 2. The molecule has 0 saturated heterocycles. The van der Waals surface area contributed by atoms with Crippen molar-refractivity contribution in [2.75, 3.05) is 27.3 Å². The van der Waals surface area contributed by atoms with Crippen molar-refractivity contribution in [3.8, 4) is 23.3 Å². The Morgan fingerprint density at radius 1 is 0.677 bits per heavy atom. The zero-order valence-corrected chi connectivity index (χ0v) is 43.5. The second-order valence-corrected chi connectivity index (χ2v) is 18.7. The quantitative estimate of drug-likeness (QED) is 0.101. The number of halogens is 5. The zero-order chi connectivity index (χ0) is 46.8. The predicted octanol–water partition coefficient (Wildman–Crippen LogP) is 12.0. The van der Waals surface area contributed by atoms with Crippen molar-refractivity contribution in [2.45, 2.75) is 66.2 Å². The molecule has 2 aromatic heterocycles. The van der Waals surface area contributed by atoms with Crippen molar-refractivity contribution < 1.29 is 28.5 Å². The number of amides is 2. The molecule has 8 rings (SSSR count). The lowest BCUT2D eigenvalue weighted by atomic mass is 9.94. The summed E-state index contributed by atoms with van der Waals surface area (Å²) in [5, 5.41) is 3.92. The van der Waals surface area contributed by atoms with Crippen molar-refractivity contribution in [1.29, 1.82) is 0 Å². The minimum Gasteiger partial charge on any atom is -0.496 e. The first kappa shape index (κ1) is 50.1. The van der Waals surface area contributed by atoms with Gasteiger partial charge in [0.15, 0.2) is 0 Å². The van der Waals surface area contributed by atoms with E-state index in [4.69, 9.17) is 53.8 Å². The molecule has 1 N–H and O–H groups in total. The molecule has 0 bridgehead atoms. The second kappa shape index (κ2) is 23.4. The third-order valence-corrected chi connectivity index (χ3v) is 14.2. The lowest BCUT2D eigenvalue weighted by Crippen LogP contribution is -2.38. The Bertz CT molecular complexity index is 2670. The highest BCUT2D eigenvalue weighted by atomic mass is 127. The molecule has 65 heavy (non-hydrogen) atoms. The Labute approximate surface area is 423 Å². The summed E-state index contributed by atoms with van der Waals surface area (Å²) in [5.41, 5.74) is 11.0. The van der Waals surface area contributed by atoms with Crippen LogP contribution in [0.15, 0.2) is 84.9 Å². The summed E-state index contributed by atoms with van der Waals surface area (Å²) >= 11 is 23.0. The summed E-state index contributed by atoms with van der Waals surface area (Å²) in [7, 11) is 3.24. The predicted molar refractivity (Wildman–Crippen MR) is 274 cm³/mol. The number of pyridine rings is 2. The number of aromatic nitrogens is 2. The molecule has 340 valence electrons. The average molecular weight is 1160 g/mol. The molecule has 0 spiro atoms. The largest absolute Gasteiger partial charge is 0.496 e. The molecular weight excluding hydrogens is 1110 g/mol. The first-order valence-electron chi connectivity index (χ1n) is 20.7. The summed E-state index contributed by atoms with van der Waals surface area (Å²) in [4.78, 5) is 35.8. The number of carbonyl (C=O) groups excluding carboxylic acids is 2. The van der Waals surface area contributed by atoms with Gasteiger partial charge in [0.05, 0.1) is 58.9 Å². The van der Waals surface area contributed by atoms with Crippen LogP contribution in [0.1, 0.15) is 76.6 Å². The fraction of sp³-hybridized carbons (Fsp3) is 0.280. The maximum atomic E-state index is 13.4. The first-order valence-corrected chi connectivity index (χ1v) is 24.2. The molecule has 0 saturated carbocycles. The number of hydrogen-bond donors (Lipinski definition) is 1. The molecule has 0 fully saturated rings. The zero-order valence-electron chi connectivity index (χ0n) is 36.9. The van der Waals surface area contributed by atoms with Crippen molar-refractivity contribution in [3.05, 3.63) is 169 Å². The van der Waals surface area contributed by atoms with Crippen LogP contribution in [0.5, 0.6) is 23.3 Å². The van der Waals surface area contributed by atoms with Gasteiger partial charge in [-0.15, -0.1) is 11.6 Å². The monoisotopic (exact) mass is 1160 g/mol. The number of carbonyl (C=O) groups is 2. The fourth-order valence-electron chi connectivity index (χ4n) is 7.53. The second-order valence-electron chi connectivity index (χ2n) is 15.3. The van der Waals surface area contributed by atoms with Crippen molar-refractivity contribution in [3.63, 3.8) is 0 Å². The van der Waals surface area contributed by atoms with Gasteiger partial charge in [-0.1, -0.05) is 83.9 Å². The molecule has 4 aromatic carbocycles. The maximum absolute atomic E-state index is 13.4. The highest BCUT2D eigenvalue weighted by molar-refractivity contribution is 14.1. The van der Waals surface area contributed by atoms with Gasteiger partial charge in [0.25, 0.3) is 11.8 Å². The number of hydrogen-bond acceptors (Lipinski definition) is 8. The van der Waals surface area contributed by atoms with Crippen LogP contribution in [0.25, 0.3) is 0 Å². The summed E-state index contributed by atoms with van der Waals surface area (Å²) in [5.74, 6) is 2.58. The van der Waals surface area contributed by atoms with Crippen LogP contribution in [-0.4, -0.2) is 54.0 Å².